The minimum Gasteiger partial charge on any atom is -0.459 e. The third kappa shape index (κ3) is 70.0. The predicted octanol–water partition coefficient (Wildman–Crippen LogP) is 20.0. The van der Waals surface area contributed by atoms with E-state index < -0.39 is 22.1 Å². The number of thiocarbonyl (C=S) groups is 2. The summed E-state index contributed by atoms with van der Waals surface area (Å²) in [5.74, 6) is 1.95. The number of esters is 3. The number of carbonyl (C=O) groups excluding carboxylic acids is 7. The van der Waals surface area contributed by atoms with Gasteiger partial charge in [0.05, 0.1) is 0 Å². The Kier molecular flexibility index (Phi) is 60.4. The van der Waals surface area contributed by atoms with E-state index in [4.69, 9.17) is 57.8 Å². The van der Waals surface area contributed by atoms with Gasteiger partial charge >= 0.3 is 30.2 Å². The third-order valence-corrected chi connectivity index (χ3v) is 16.6. The lowest BCUT2D eigenvalue weighted by Crippen LogP contribution is -2.31. The molecule has 0 aliphatic heterocycles. The van der Waals surface area contributed by atoms with Gasteiger partial charge in [0.25, 0.3) is 0 Å². The zero-order valence-electron chi connectivity index (χ0n) is 53.3. The van der Waals surface area contributed by atoms with Crippen molar-refractivity contribution < 1.29 is 47.8 Å². The quantitative estimate of drug-likeness (QED) is 0.0114. The fraction of sp³-hybridized carbons (Fsp3) is 0.766. The van der Waals surface area contributed by atoms with Crippen molar-refractivity contribution in [3.8, 4) is 0 Å². The van der Waals surface area contributed by atoms with Crippen LogP contribution in [0.5, 0.6) is 0 Å². The van der Waals surface area contributed by atoms with Crippen LogP contribution in [0.15, 0.2) is 47.6 Å². The second kappa shape index (κ2) is 55.9. The molecule has 10 nitrogen and oxygen atoms in total. The second-order valence-electron chi connectivity index (χ2n) is 23.5. The Morgan fingerprint density at radius 1 is 0.525 bits per heavy atom. The van der Waals surface area contributed by atoms with E-state index >= 15 is 0 Å². The summed E-state index contributed by atoms with van der Waals surface area (Å²) in [5.41, 5.74) is 1.23. The smallest absolute Gasteiger partial charge is 0.373 e. The number of carbonyl (C=O) groups is 3. The molecule has 1 unspecified atom stereocenters. The van der Waals surface area contributed by atoms with Crippen LogP contribution >= 0.6 is 71.5 Å². The molecule has 0 aromatic carbocycles. The van der Waals surface area contributed by atoms with E-state index in [0.29, 0.717) is 11.2 Å². The van der Waals surface area contributed by atoms with Gasteiger partial charge in [0.2, 0.25) is 0 Å². The molecule has 0 saturated heterocycles. The fourth-order valence-electron chi connectivity index (χ4n) is 7.21. The first-order valence-electron chi connectivity index (χ1n) is 29.3. The first-order valence-corrected chi connectivity index (χ1v) is 33.8. The number of ether oxygens (including phenoxy) is 3. The molecule has 0 saturated carbocycles. The van der Waals surface area contributed by atoms with Crippen molar-refractivity contribution in [2.75, 3.05) is 11.5 Å². The van der Waals surface area contributed by atoms with Crippen molar-refractivity contribution in [2.24, 2.45) is 11.8 Å². The monoisotopic (exact) mass is 1230 g/mol. The average molecular weight is 1230 g/mol. The predicted molar refractivity (Wildman–Crippen MR) is 354 cm³/mol. The standard InChI is InChI=1S/C36H64O4S3.C16H32S3.C10H16O2.2CO2/c1-12-13-14-15-16-17-18-19-20-21-24-42-34(41)43-32(33(38)40-36(9,10)11)28(4)22-23-30(25-27(2)3)29(5)26-31(37)39-35(6,7)8;1-4-5-6-7-8-9-10-11-12-13-14-18-16(17)19-15(2)3;1-6-8(2)7-9(11)12-10(3,4)5;2*2-1-3/h22,26-27,30,32H,12-21,23-25H2,1-11H3;15H,4-14H2,1-3H3;6-7H,1H2,2-5H3;;/b28-22+,29-26?;;8-7-;;/t30?,32-;;;;/m1..../s1. The molecule has 0 aromatic rings. The lowest BCUT2D eigenvalue weighted by atomic mass is 9.87. The Labute approximate surface area is 517 Å². The highest BCUT2D eigenvalue weighted by Gasteiger charge is 2.29. The molecule has 2 atom stereocenters. The first-order chi connectivity index (χ1) is 37.3. The Hall–Kier alpha value is -2.29. The maximum absolute atomic E-state index is 13.3. The van der Waals surface area contributed by atoms with E-state index in [0.717, 1.165) is 48.8 Å². The molecular weight excluding hydrogens is 1120 g/mol. The Bertz CT molecular complexity index is 1790. The molecule has 0 aliphatic carbocycles. The molecule has 0 aromatic heterocycles. The molecule has 80 heavy (non-hydrogen) atoms. The minimum atomic E-state index is -0.576. The summed E-state index contributed by atoms with van der Waals surface area (Å²) in [7, 11) is 0. The topological polar surface area (TPSA) is 147 Å². The number of unbranched alkanes of at least 4 members (excludes halogenated alkanes) is 18. The van der Waals surface area contributed by atoms with Crippen LogP contribution in [0.3, 0.4) is 0 Å². The van der Waals surface area contributed by atoms with Gasteiger partial charge in [-0.25, -0.2) is 9.59 Å². The lowest BCUT2D eigenvalue weighted by Gasteiger charge is -2.25. The van der Waals surface area contributed by atoms with Crippen molar-refractivity contribution >= 4 is 109 Å². The normalized spacial score (nSPS) is 12.5. The van der Waals surface area contributed by atoms with Crippen molar-refractivity contribution in [2.45, 2.75) is 293 Å². The van der Waals surface area contributed by atoms with Crippen LogP contribution in [0.1, 0.15) is 266 Å². The number of hydrogen-bond donors (Lipinski definition) is 0. The Morgan fingerprint density at radius 3 is 1.19 bits per heavy atom. The molecule has 0 amide bonds. The van der Waals surface area contributed by atoms with Crippen LogP contribution in [0.4, 0.5) is 0 Å². The van der Waals surface area contributed by atoms with E-state index in [2.05, 4.69) is 54.2 Å². The summed E-state index contributed by atoms with van der Waals surface area (Å²) < 4.78 is 18.3. The minimum absolute atomic E-state index is 0.171. The summed E-state index contributed by atoms with van der Waals surface area (Å²) >= 11 is 17.9. The maximum atomic E-state index is 13.3. The summed E-state index contributed by atoms with van der Waals surface area (Å²) in [6.07, 6.45) is 36.2. The highest BCUT2D eigenvalue weighted by molar-refractivity contribution is 8.48. The SMILES string of the molecule is C=C/C(C)=C\C(=O)OC(C)(C)C.CCCCCCCCCCCCSC(=S)SC(C)C.CCCCCCCCCCCCSC(=S)S[C@@H](C(=O)OC(C)(C)C)/C(C)=C/CC(CC(C)C)C(C)=CC(=O)OC(C)(C)C.O=C=O.O=C=O. The molecule has 0 N–H and O–H groups in total. The van der Waals surface area contributed by atoms with E-state index in [1.54, 1.807) is 30.8 Å². The van der Waals surface area contributed by atoms with Crippen molar-refractivity contribution in [3.63, 3.8) is 0 Å². The van der Waals surface area contributed by atoms with Gasteiger partial charge in [-0.1, -0.05) is 223 Å². The van der Waals surface area contributed by atoms with E-state index in [9.17, 15) is 14.4 Å². The van der Waals surface area contributed by atoms with Crippen molar-refractivity contribution in [1.29, 1.82) is 0 Å². The summed E-state index contributed by atoms with van der Waals surface area (Å²) in [4.78, 5) is 69.4. The van der Waals surface area contributed by atoms with Gasteiger partial charge in [0.15, 0.2) is 0 Å². The molecule has 0 spiro atoms. The second-order valence-corrected chi connectivity index (χ2v) is 30.8. The van der Waals surface area contributed by atoms with Gasteiger partial charge in [-0.15, -0.1) is 35.3 Å². The molecule has 0 radical (unpaired) electrons. The first kappa shape index (κ1) is 86.5. The van der Waals surface area contributed by atoms with Crippen LogP contribution in [0, 0.1) is 11.8 Å². The van der Waals surface area contributed by atoms with Gasteiger partial charge in [-0.2, -0.15) is 19.2 Å². The molecule has 0 aliphatic rings. The summed E-state index contributed by atoms with van der Waals surface area (Å²) in [5, 5.41) is 0.148. The zero-order chi connectivity index (χ0) is 62.6. The molecule has 0 bridgehead atoms. The van der Waals surface area contributed by atoms with E-state index in [1.807, 2.05) is 99.7 Å². The average Bonchev–Trinajstić information content (AvgIpc) is 3.31. The molecule has 0 fully saturated rings. The van der Waals surface area contributed by atoms with Gasteiger partial charge in [-0.05, 0) is 138 Å². The van der Waals surface area contributed by atoms with Crippen LogP contribution in [-0.4, -0.2) is 76.1 Å². The molecule has 16 heteroatoms. The number of thioether (sulfide) groups is 4. The van der Waals surface area contributed by atoms with Crippen LogP contribution < -0.4 is 0 Å². The van der Waals surface area contributed by atoms with Gasteiger partial charge in [0.1, 0.15) is 29.1 Å². The summed E-state index contributed by atoms with van der Waals surface area (Å²) in [6.45, 7) is 39.5. The number of hydrogen-bond acceptors (Lipinski definition) is 16. The van der Waals surface area contributed by atoms with Crippen molar-refractivity contribution in [1.82, 2.24) is 0 Å². The van der Waals surface area contributed by atoms with Crippen LogP contribution in [-0.2, 0) is 47.8 Å². The van der Waals surface area contributed by atoms with Gasteiger partial charge < -0.3 is 14.2 Å². The fourth-order valence-corrected chi connectivity index (χ4v) is 12.5. The molecular formula is C64H112O10S6. The van der Waals surface area contributed by atoms with Crippen LogP contribution in [0.2, 0.25) is 0 Å². The highest BCUT2D eigenvalue weighted by Crippen LogP contribution is 2.32. The Balaban J connectivity index is -0.000000411. The zero-order valence-corrected chi connectivity index (χ0v) is 58.2. The molecule has 0 heterocycles. The van der Waals surface area contributed by atoms with E-state index in [-0.39, 0.29) is 36.1 Å². The van der Waals surface area contributed by atoms with E-state index in [1.165, 1.54) is 146 Å². The number of rotatable bonds is 34. The van der Waals surface area contributed by atoms with Crippen LogP contribution in [0.25, 0.3) is 0 Å². The van der Waals surface area contributed by atoms with Gasteiger partial charge in [0, 0.05) is 17.4 Å². The highest BCUT2D eigenvalue weighted by atomic mass is 32.2. The maximum Gasteiger partial charge on any atom is 0.373 e. The lowest BCUT2D eigenvalue weighted by molar-refractivity contribution is -0.193. The van der Waals surface area contributed by atoms with Crippen molar-refractivity contribution in [3.05, 3.63) is 47.6 Å². The molecule has 0 rings (SSSR count). The third-order valence-electron chi connectivity index (χ3n) is 11.0. The molecule has 464 valence electrons. The Morgan fingerprint density at radius 2 is 0.863 bits per heavy atom. The number of allylic oxidation sites excluding steroid dienone is 4. The summed E-state index contributed by atoms with van der Waals surface area (Å²) in [6, 6.07) is 0. The largest absolute Gasteiger partial charge is 0.459 e. The van der Waals surface area contributed by atoms with Gasteiger partial charge in [-0.3, -0.25) is 4.79 Å².